The lowest BCUT2D eigenvalue weighted by atomic mass is 10.2. The third-order valence-electron chi connectivity index (χ3n) is 2.00. The zero-order valence-electron chi connectivity index (χ0n) is 8.67. The predicted octanol–water partition coefficient (Wildman–Crippen LogP) is 1.47. The molecule has 1 rings (SSSR count). The minimum Gasteiger partial charge on any atom is -0.399 e. The highest BCUT2D eigenvalue weighted by atomic mass is 35.5. The third kappa shape index (κ3) is 3.02. The van der Waals surface area contributed by atoms with Crippen LogP contribution in [0, 0.1) is 0 Å². The van der Waals surface area contributed by atoms with Crippen LogP contribution in [-0.2, 0) is 4.79 Å². The Morgan fingerprint density at radius 2 is 2.20 bits per heavy atom. The Kier molecular flexibility index (Phi) is 3.80. The van der Waals surface area contributed by atoms with E-state index in [1.807, 2.05) is 0 Å². The highest BCUT2D eigenvalue weighted by Crippen LogP contribution is 2.24. The van der Waals surface area contributed by atoms with Crippen LogP contribution in [0.4, 0.5) is 11.4 Å². The summed E-state index contributed by atoms with van der Waals surface area (Å²) in [5, 5.41) is 6.04. The number of carbonyl (C=O) groups is 1. The SMILES string of the molecule is CNC(=O)C(C)Nc1ccc(N)cc1Cl. The summed E-state index contributed by atoms with van der Waals surface area (Å²) >= 11 is 5.95. The average molecular weight is 228 g/mol. The van der Waals surface area contributed by atoms with Gasteiger partial charge in [-0.05, 0) is 25.1 Å². The minimum absolute atomic E-state index is 0.0945. The molecule has 0 saturated carbocycles. The molecule has 15 heavy (non-hydrogen) atoms. The summed E-state index contributed by atoms with van der Waals surface area (Å²) in [4.78, 5) is 11.3. The number of nitrogens with two attached hydrogens (primary N) is 1. The molecule has 0 radical (unpaired) electrons. The molecule has 0 spiro atoms. The monoisotopic (exact) mass is 227 g/mol. The largest absolute Gasteiger partial charge is 0.399 e. The van der Waals surface area contributed by atoms with Gasteiger partial charge in [0.05, 0.1) is 10.7 Å². The third-order valence-corrected chi connectivity index (χ3v) is 2.32. The van der Waals surface area contributed by atoms with Crippen molar-refractivity contribution < 1.29 is 4.79 Å². The summed E-state index contributed by atoms with van der Waals surface area (Å²) < 4.78 is 0. The first-order chi connectivity index (χ1) is 7.04. The molecule has 1 atom stereocenters. The Bertz CT molecular complexity index is 368. The summed E-state index contributed by atoms with van der Waals surface area (Å²) in [5.74, 6) is -0.0945. The van der Waals surface area contributed by atoms with E-state index >= 15 is 0 Å². The van der Waals surface area contributed by atoms with Crippen LogP contribution in [0.15, 0.2) is 18.2 Å². The standard InChI is InChI=1S/C10H14ClN3O/c1-6(10(15)13-2)14-9-4-3-7(12)5-8(9)11/h3-6,14H,12H2,1-2H3,(H,13,15). The van der Waals surface area contributed by atoms with Crippen LogP contribution in [-0.4, -0.2) is 19.0 Å². The van der Waals surface area contributed by atoms with Crippen LogP contribution < -0.4 is 16.4 Å². The molecule has 0 aliphatic rings. The highest BCUT2D eigenvalue weighted by molar-refractivity contribution is 6.33. The predicted molar refractivity (Wildman–Crippen MR) is 63.0 cm³/mol. The summed E-state index contributed by atoms with van der Waals surface area (Å²) in [6.07, 6.45) is 0. The zero-order chi connectivity index (χ0) is 11.4. The number of amides is 1. The number of anilines is 2. The number of hydrogen-bond acceptors (Lipinski definition) is 3. The second-order valence-corrected chi connectivity index (χ2v) is 3.63. The van der Waals surface area contributed by atoms with Gasteiger partial charge in [0, 0.05) is 12.7 Å². The highest BCUT2D eigenvalue weighted by Gasteiger charge is 2.11. The van der Waals surface area contributed by atoms with Gasteiger partial charge < -0.3 is 16.4 Å². The second kappa shape index (κ2) is 4.89. The van der Waals surface area contributed by atoms with E-state index in [0.717, 1.165) is 0 Å². The summed E-state index contributed by atoms with van der Waals surface area (Å²) in [7, 11) is 1.59. The van der Waals surface area contributed by atoms with Crippen molar-refractivity contribution in [2.75, 3.05) is 18.1 Å². The molecule has 0 heterocycles. The molecule has 0 fully saturated rings. The van der Waals surface area contributed by atoms with Crippen molar-refractivity contribution in [2.45, 2.75) is 13.0 Å². The normalized spacial score (nSPS) is 11.9. The van der Waals surface area contributed by atoms with E-state index in [-0.39, 0.29) is 11.9 Å². The molecule has 4 nitrogen and oxygen atoms in total. The number of benzene rings is 1. The maximum Gasteiger partial charge on any atom is 0.241 e. The Morgan fingerprint density at radius 3 is 2.73 bits per heavy atom. The molecule has 0 aliphatic carbocycles. The molecule has 0 saturated heterocycles. The van der Waals surface area contributed by atoms with Crippen LogP contribution in [0.3, 0.4) is 0 Å². The topological polar surface area (TPSA) is 67.2 Å². The molecule has 1 amide bonds. The summed E-state index contributed by atoms with van der Waals surface area (Å²) in [6, 6.07) is 4.78. The van der Waals surface area contributed by atoms with E-state index in [0.29, 0.717) is 16.4 Å². The van der Waals surface area contributed by atoms with E-state index in [1.165, 1.54) is 0 Å². The van der Waals surface area contributed by atoms with Crippen LogP contribution in [0.25, 0.3) is 0 Å². The Hall–Kier alpha value is -1.42. The second-order valence-electron chi connectivity index (χ2n) is 3.22. The lowest BCUT2D eigenvalue weighted by Crippen LogP contribution is -2.35. The van der Waals surface area contributed by atoms with Crippen molar-refractivity contribution in [1.29, 1.82) is 0 Å². The van der Waals surface area contributed by atoms with Crippen molar-refractivity contribution >= 4 is 28.9 Å². The van der Waals surface area contributed by atoms with E-state index in [4.69, 9.17) is 17.3 Å². The molecule has 1 aromatic carbocycles. The van der Waals surface area contributed by atoms with E-state index in [9.17, 15) is 4.79 Å². The summed E-state index contributed by atoms with van der Waals surface area (Å²) in [5.41, 5.74) is 6.84. The molecule has 82 valence electrons. The Morgan fingerprint density at radius 1 is 1.53 bits per heavy atom. The van der Waals surface area contributed by atoms with Gasteiger partial charge in [0.15, 0.2) is 0 Å². The van der Waals surface area contributed by atoms with Gasteiger partial charge in [0.2, 0.25) is 5.91 Å². The number of hydrogen-bond donors (Lipinski definition) is 3. The lowest BCUT2D eigenvalue weighted by molar-refractivity contribution is -0.121. The molecule has 5 heteroatoms. The van der Waals surface area contributed by atoms with E-state index in [2.05, 4.69) is 10.6 Å². The first kappa shape index (κ1) is 11.7. The molecule has 1 aromatic rings. The van der Waals surface area contributed by atoms with Crippen LogP contribution >= 0.6 is 11.6 Å². The molecular formula is C10H14ClN3O. The van der Waals surface area contributed by atoms with E-state index in [1.54, 1.807) is 32.2 Å². The average Bonchev–Trinajstić information content (AvgIpc) is 2.20. The molecule has 0 aromatic heterocycles. The van der Waals surface area contributed by atoms with Gasteiger partial charge >= 0.3 is 0 Å². The number of likely N-dealkylation sites (N-methyl/N-ethyl adjacent to an activating group) is 1. The molecule has 4 N–H and O–H groups in total. The van der Waals surface area contributed by atoms with Crippen molar-refractivity contribution in [3.8, 4) is 0 Å². The fourth-order valence-electron chi connectivity index (χ4n) is 1.16. The van der Waals surface area contributed by atoms with Gasteiger partial charge in [-0.3, -0.25) is 4.79 Å². The fourth-order valence-corrected chi connectivity index (χ4v) is 1.41. The molecule has 0 bridgehead atoms. The number of halogens is 1. The Balaban J connectivity index is 2.76. The maximum absolute atomic E-state index is 11.3. The zero-order valence-corrected chi connectivity index (χ0v) is 9.43. The quantitative estimate of drug-likeness (QED) is 0.685. The Labute approximate surface area is 93.8 Å². The van der Waals surface area contributed by atoms with Crippen LogP contribution in [0.5, 0.6) is 0 Å². The first-order valence-corrected chi connectivity index (χ1v) is 4.95. The van der Waals surface area contributed by atoms with Gasteiger partial charge in [0.25, 0.3) is 0 Å². The van der Waals surface area contributed by atoms with Gasteiger partial charge in [-0.2, -0.15) is 0 Å². The number of rotatable bonds is 3. The van der Waals surface area contributed by atoms with Gasteiger partial charge in [-0.25, -0.2) is 0 Å². The van der Waals surface area contributed by atoms with Crippen molar-refractivity contribution in [3.63, 3.8) is 0 Å². The van der Waals surface area contributed by atoms with Gasteiger partial charge in [-0.1, -0.05) is 11.6 Å². The number of nitrogen functional groups attached to an aromatic ring is 1. The molecular weight excluding hydrogens is 214 g/mol. The lowest BCUT2D eigenvalue weighted by Gasteiger charge is -2.14. The maximum atomic E-state index is 11.3. The van der Waals surface area contributed by atoms with Crippen LogP contribution in [0.1, 0.15) is 6.92 Å². The van der Waals surface area contributed by atoms with Crippen molar-refractivity contribution in [2.24, 2.45) is 0 Å². The van der Waals surface area contributed by atoms with Crippen LogP contribution in [0.2, 0.25) is 5.02 Å². The molecule has 0 aliphatic heterocycles. The number of nitrogens with one attached hydrogen (secondary N) is 2. The van der Waals surface area contributed by atoms with Gasteiger partial charge in [0.1, 0.15) is 6.04 Å². The smallest absolute Gasteiger partial charge is 0.241 e. The van der Waals surface area contributed by atoms with Crippen molar-refractivity contribution in [1.82, 2.24) is 5.32 Å². The number of carbonyl (C=O) groups excluding carboxylic acids is 1. The van der Waals surface area contributed by atoms with E-state index < -0.39 is 0 Å². The van der Waals surface area contributed by atoms with Crippen molar-refractivity contribution in [3.05, 3.63) is 23.2 Å². The first-order valence-electron chi connectivity index (χ1n) is 4.57. The van der Waals surface area contributed by atoms with Gasteiger partial charge in [-0.15, -0.1) is 0 Å². The fraction of sp³-hybridized carbons (Fsp3) is 0.300. The minimum atomic E-state index is -0.337. The summed E-state index contributed by atoms with van der Waals surface area (Å²) in [6.45, 7) is 1.76. The molecule has 1 unspecified atom stereocenters.